The van der Waals surface area contributed by atoms with Gasteiger partial charge in [-0.05, 0) is 12.5 Å². The molecule has 2 saturated heterocycles. The van der Waals surface area contributed by atoms with Gasteiger partial charge in [0.15, 0.2) is 5.65 Å². The van der Waals surface area contributed by atoms with Crippen molar-refractivity contribution in [2.24, 2.45) is 5.41 Å². The number of alkyl halides is 4. The monoisotopic (exact) mass is 437 g/mol. The second-order valence-corrected chi connectivity index (χ2v) is 7.89. The van der Waals surface area contributed by atoms with Crippen LogP contribution >= 0.6 is 0 Å². The minimum absolute atomic E-state index is 0.0289. The molecular weight excluding hydrogens is 418 g/mol. The Morgan fingerprint density at radius 2 is 1.81 bits per heavy atom. The van der Waals surface area contributed by atoms with Crippen molar-refractivity contribution in [3.05, 3.63) is 30.6 Å². The van der Waals surface area contributed by atoms with E-state index in [0.29, 0.717) is 22.8 Å². The summed E-state index contributed by atoms with van der Waals surface area (Å²) >= 11 is 0. The van der Waals surface area contributed by atoms with Crippen LogP contribution < -0.4 is 14.5 Å². The lowest BCUT2D eigenvalue weighted by Gasteiger charge is -2.48. The Morgan fingerprint density at radius 1 is 1.00 bits per heavy atom. The summed E-state index contributed by atoms with van der Waals surface area (Å²) in [5, 5.41) is 3.95. The first-order valence-electron chi connectivity index (χ1n) is 9.79. The molecule has 164 valence electrons. The molecule has 5 heterocycles. The van der Waals surface area contributed by atoms with Crippen LogP contribution in [0, 0.1) is 5.41 Å². The Bertz CT molecular complexity index is 1090. The van der Waals surface area contributed by atoms with Crippen molar-refractivity contribution in [1.82, 2.24) is 24.7 Å². The van der Waals surface area contributed by atoms with Gasteiger partial charge in [0.1, 0.15) is 23.7 Å². The zero-order chi connectivity index (χ0) is 21.6. The van der Waals surface area contributed by atoms with Crippen LogP contribution in [0.2, 0.25) is 0 Å². The second-order valence-electron chi connectivity index (χ2n) is 7.89. The van der Waals surface area contributed by atoms with Gasteiger partial charge in [-0.15, -0.1) is 0 Å². The van der Waals surface area contributed by atoms with Crippen LogP contribution in [0.15, 0.2) is 30.6 Å². The van der Waals surface area contributed by atoms with E-state index in [1.807, 2.05) is 4.90 Å². The average Bonchev–Trinajstić information content (AvgIpc) is 3.31. The zero-order valence-electron chi connectivity index (χ0n) is 16.3. The fraction of sp³-hybridized carbons (Fsp3) is 0.474. The van der Waals surface area contributed by atoms with E-state index in [1.54, 1.807) is 18.3 Å². The molecule has 0 atom stereocenters. The molecule has 2 aliphatic rings. The fourth-order valence-electron chi connectivity index (χ4n) is 4.31. The van der Waals surface area contributed by atoms with E-state index >= 15 is 0 Å². The number of halogens is 4. The van der Waals surface area contributed by atoms with E-state index in [-0.39, 0.29) is 11.3 Å². The Balaban J connectivity index is 1.27. The molecule has 1 spiro atoms. The molecule has 5 rings (SSSR count). The quantitative estimate of drug-likeness (QED) is 0.549. The largest absolute Gasteiger partial charge is 0.417 e. The first-order valence-corrected chi connectivity index (χ1v) is 9.79. The van der Waals surface area contributed by atoms with E-state index in [9.17, 15) is 17.6 Å². The lowest BCUT2D eigenvalue weighted by Crippen LogP contribution is -2.58. The van der Waals surface area contributed by atoms with Crippen molar-refractivity contribution in [3.63, 3.8) is 0 Å². The number of pyridine rings is 1. The summed E-state index contributed by atoms with van der Waals surface area (Å²) in [5.41, 5.74) is 0.848. The van der Waals surface area contributed by atoms with Gasteiger partial charge in [0.2, 0.25) is 5.88 Å². The molecule has 0 bridgehead atoms. The van der Waals surface area contributed by atoms with Gasteiger partial charge in [0.05, 0.1) is 12.4 Å². The third-order valence-electron chi connectivity index (χ3n) is 5.70. The van der Waals surface area contributed by atoms with Crippen molar-refractivity contribution >= 4 is 22.8 Å². The van der Waals surface area contributed by atoms with Crippen LogP contribution in [0.3, 0.4) is 0 Å². The molecule has 3 aromatic heterocycles. The standard InChI is InChI=1S/C19H19F4N7O/c20-13(21)8-30-17-12(6-25-30)24-7-15(27-17)28-5-4-19(9-28)10-29(11-19)14-2-1-3-16(26-14)31-18(22)23/h1-3,6-7,13,18H,4-5,8-11H2. The highest BCUT2D eigenvalue weighted by Gasteiger charge is 2.48. The summed E-state index contributed by atoms with van der Waals surface area (Å²) < 4.78 is 55.9. The molecule has 0 aliphatic carbocycles. The van der Waals surface area contributed by atoms with Crippen LogP contribution in [-0.4, -0.2) is 63.9 Å². The fourth-order valence-corrected chi connectivity index (χ4v) is 4.31. The Hall–Kier alpha value is -3.18. The summed E-state index contributed by atoms with van der Waals surface area (Å²) in [5.74, 6) is 1.12. The van der Waals surface area contributed by atoms with Crippen LogP contribution in [0.1, 0.15) is 6.42 Å². The molecule has 0 aromatic carbocycles. The number of hydrogen-bond acceptors (Lipinski definition) is 7. The van der Waals surface area contributed by atoms with Gasteiger partial charge in [0, 0.05) is 37.7 Å². The summed E-state index contributed by atoms with van der Waals surface area (Å²) in [7, 11) is 0. The van der Waals surface area contributed by atoms with E-state index in [1.165, 1.54) is 16.9 Å². The maximum atomic E-state index is 12.8. The van der Waals surface area contributed by atoms with Crippen molar-refractivity contribution in [1.29, 1.82) is 0 Å². The van der Waals surface area contributed by atoms with E-state index in [0.717, 1.165) is 32.6 Å². The molecule has 0 saturated carbocycles. The van der Waals surface area contributed by atoms with Gasteiger partial charge >= 0.3 is 6.61 Å². The average molecular weight is 437 g/mol. The number of ether oxygens (including phenoxy) is 1. The molecule has 2 aliphatic heterocycles. The van der Waals surface area contributed by atoms with Crippen molar-refractivity contribution < 1.29 is 22.3 Å². The molecule has 0 unspecified atom stereocenters. The predicted octanol–water partition coefficient (Wildman–Crippen LogP) is 2.80. The van der Waals surface area contributed by atoms with Crippen molar-refractivity contribution in [2.75, 3.05) is 36.0 Å². The van der Waals surface area contributed by atoms with Gasteiger partial charge in [-0.2, -0.15) is 18.9 Å². The molecule has 8 nitrogen and oxygen atoms in total. The van der Waals surface area contributed by atoms with Crippen LogP contribution in [-0.2, 0) is 6.54 Å². The van der Waals surface area contributed by atoms with Gasteiger partial charge in [0.25, 0.3) is 6.43 Å². The highest BCUT2D eigenvalue weighted by molar-refractivity contribution is 5.71. The number of fused-ring (bicyclic) bond motifs is 1. The first kappa shape index (κ1) is 19.8. The normalized spacial score (nSPS) is 17.9. The van der Waals surface area contributed by atoms with Gasteiger partial charge in [-0.1, -0.05) is 6.07 Å². The van der Waals surface area contributed by atoms with E-state index in [4.69, 9.17) is 0 Å². The summed E-state index contributed by atoms with van der Waals surface area (Å²) in [6.07, 6.45) is 1.47. The highest BCUT2D eigenvalue weighted by atomic mass is 19.3. The third kappa shape index (κ3) is 3.81. The molecule has 12 heteroatoms. The first-order chi connectivity index (χ1) is 14.9. The van der Waals surface area contributed by atoms with Crippen molar-refractivity contribution in [3.8, 4) is 5.88 Å². The Labute approximate surface area is 174 Å². The summed E-state index contributed by atoms with van der Waals surface area (Å²) in [4.78, 5) is 17.1. The van der Waals surface area contributed by atoms with Crippen LogP contribution in [0.5, 0.6) is 5.88 Å². The van der Waals surface area contributed by atoms with Crippen LogP contribution in [0.4, 0.5) is 29.2 Å². The van der Waals surface area contributed by atoms with Crippen molar-refractivity contribution in [2.45, 2.75) is 26.0 Å². The molecule has 0 N–H and O–H groups in total. The summed E-state index contributed by atoms with van der Waals surface area (Å²) in [6, 6.07) is 4.80. The second kappa shape index (κ2) is 7.50. The number of rotatable bonds is 6. The molecular formula is C19H19F4N7O. The van der Waals surface area contributed by atoms with Gasteiger partial charge in [-0.3, -0.25) is 0 Å². The molecule has 31 heavy (non-hydrogen) atoms. The SMILES string of the molecule is FC(F)Cn1ncc2ncc(N3CCC4(CN(c5cccc(OC(F)F)n5)C4)C3)nc21. The van der Waals surface area contributed by atoms with Crippen LogP contribution in [0.25, 0.3) is 11.2 Å². The smallest absolute Gasteiger partial charge is 0.388 e. The molecule has 0 radical (unpaired) electrons. The molecule has 2 fully saturated rings. The number of nitrogens with zero attached hydrogens (tertiary/aromatic N) is 7. The predicted molar refractivity (Wildman–Crippen MR) is 104 cm³/mol. The van der Waals surface area contributed by atoms with E-state index in [2.05, 4.69) is 29.7 Å². The third-order valence-corrected chi connectivity index (χ3v) is 5.70. The minimum atomic E-state index is -2.91. The minimum Gasteiger partial charge on any atom is -0.417 e. The molecule has 0 amide bonds. The molecule has 3 aromatic rings. The maximum Gasteiger partial charge on any atom is 0.388 e. The summed E-state index contributed by atoms with van der Waals surface area (Å²) in [6.45, 7) is -0.480. The van der Waals surface area contributed by atoms with Gasteiger partial charge < -0.3 is 14.5 Å². The lowest BCUT2D eigenvalue weighted by molar-refractivity contribution is -0.0528. The number of anilines is 2. The number of hydrogen-bond donors (Lipinski definition) is 0. The zero-order valence-corrected chi connectivity index (χ0v) is 16.3. The lowest BCUT2D eigenvalue weighted by atomic mass is 9.79. The maximum absolute atomic E-state index is 12.8. The topological polar surface area (TPSA) is 72.2 Å². The Kier molecular flexibility index (Phi) is 4.78. The number of aromatic nitrogens is 5. The van der Waals surface area contributed by atoms with Gasteiger partial charge in [-0.25, -0.2) is 23.4 Å². The van der Waals surface area contributed by atoms with E-state index < -0.39 is 19.6 Å². The Morgan fingerprint density at radius 3 is 2.58 bits per heavy atom. The highest BCUT2D eigenvalue weighted by Crippen LogP contribution is 2.42.